The normalized spacial score (nSPS) is 10.8. The van der Waals surface area contributed by atoms with Crippen molar-refractivity contribution < 1.29 is 4.74 Å². The molecule has 0 aromatic heterocycles. The highest BCUT2D eigenvalue weighted by Gasteiger charge is 2.06. The van der Waals surface area contributed by atoms with Crippen molar-refractivity contribution >= 4 is 0 Å². The van der Waals surface area contributed by atoms with Crippen LogP contribution in [0.1, 0.15) is 77.0 Å². The quantitative estimate of drug-likeness (QED) is 0.259. The molecule has 0 spiro atoms. The third-order valence-corrected chi connectivity index (χ3v) is 3.70. The van der Waals surface area contributed by atoms with Crippen LogP contribution in [0.2, 0.25) is 0 Å². The van der Waals surface area contributed by atoms with E-state index < -0.39 is 0 Å². The molecule has 0 radical (unpaired) electrons. The average molecular weight is 266 g/mol. The maximum absolute atomic E-state index is 5.57. The Hall–Kier alpha value is -0.560. The number of rotatable bonds is 15. The Labute approximate surface area is 121 Å². The Morgan fingerprint density at radius 2 is 1.16 bits per heavy atom. The molecule has 0 saturated carbocycles. The summed E-state index contributed by atoms with van der Waals surface area (Å²) in [6.45, 7) is 7.51. The molecule has 1 nitrogen and oxygen atoms in total. The molecular formula is C18H34O. The first-order valence-electron chi connectivity index (χ1n) is 8.09. The van der Waals surface area contributed by atoms with Gasteiger partial charge in [-0.3, -0.25) is 0 Å². The highest BCUT2D eigenvalue weighted by molar-refractivity contribution is 4.67. The number of unbranched alkanes of at least 4 members (excludes halogenated alkanes) is 8. The highest BCUT2D eigenvalue weighted by atomic mass is 16.5. The van der Waals surface area contributed by atoms with Crippen molar-refractivity contribution in [2.75, 3.05) is 7.11 Å². The Bertz CT molecular complexity index is 178. The van der Waals surface area contributed by atoms with Crippen LogP contribution < -0.4 is 0 Å². The molecule has 0 atom stereocenters. The van der Waals surface area contributed by atoms with Gasteiger partial charge in [0, 0.05) is 7.11 Å². The predicted molar refractivity (Wildman–Crippen MR) is 86.6 cm³/mol. The van der Waals surface area contributed by atoms with E-state index in [0.29, 0.717) is 6.10 Å². The van der Waals surface area contributed by atoms with Crippen molar-refractivity contribution in [3.63, 3.8) is 0 Å². The third-order valence-electron chi connectivity index (χ3n) is 3.70. The van der Waals surface area contributed by atoms with Crippen molar-refractivity contribution in [3.8, 4) is 0 Å². The van der Waals surface area contributed by atoms with Crippen LogP contribution in [-0.2, 0) is 4.74 Å². The molecule has 0 rings (SSSR count). The Balaban J connectivity index is 3.34. The molecule has 1 heteroatoms. The number of hydrogen-bond acceptors (Lipinski definition) is 1. The maximum atomic E-state index is 5.57. The van der Waals surface area contributed by atoms with Crippen LogP contribution in [0.5, 0.6) is 0 Å². The predicted octanol–water partition coefficient (Wildman–Crippen LogP) is 6.05. The minimum atomic E-state index is 0.485. The van der Waals surface area contributed by atoms with Gasteiger partial charge in [-0.1, -0.05) is 50.7 Å². The van der Waals surface area contributed by atoms with Gasteiger partial charge in [-0.05, 0) is 38.5 Å². The summed E-state index contributed by atoms with van der Waals surface area (Å²) in [5, 5.41) is 0. The van der Waals surface area contributed by atoms with Crippen molar-refractivity contribution in [2.24, 2.45) is 0 Å². The van der Waals surface area contributed by atoms with Gasteiger partial charge in [0.2, 0.25) is 0 Å². The molecule has 0 amide bonds. The lowest BCUT2D eigenvalue weighted by Gasteiger charge is -2.15. The molecule has 0 aliphatic carbocycles. The first kappa shape index (κ1) is 18.4. The molecule has 0 N–H and O–H groups in total. The highest BCUT2D eigenvalue weighted by Crippen LogP contribution is 2.15. The molecule has 0 unspecified atom stereocenters. The Morgan fingerprint density at radius 1 is 0.737 bits per heavy atom. The van der Waals surface area contributed by atoms with Gasteiger partial charge in [-0.25, -0.2) is 0 Å². The van der Waals surface area contributed by atoms with Crippen LogP contribution in [0, 0.1) is 0 Å². The van der Waals surface area contributed by atoms with Gasteiger partial charge in [-0.15, -0.1) is 13.2 Å². The molecule has 0 aromatic rings. The summed E-state index contributed by atoms with van der Waals surface area (Å²) >= 11 is 0. The number of hydrogen-bond donors (Lipinski definition) is 0. The van der Waals surface area contributed by atoms with Gasteiger partial charge in [0.05, 0.1) is 6.10 Å². The van der Waals surface area contributed by atoms with Crippen LogP contribution in [0.25, 0.3) is 0 Å². The lowest BCUT2D eigenvalue weighted by atomic mass is 10.0. The van der Waals surface area contributed by atoms with E-state index in [1.54, 1.807) is 0 Å². The van der Waals surface area contributed by atoms with Crippen molar-refractivity contribution in [3.05, 3.63) is 25.3 Å². The third kappa shape index (κ3) is 13.7. The maximum Gasteiger partial charge on any atom is 0.0571 e. The standard InChI is InChI=1S/C18H34O/c1-4-6-8-10-12-14-16-18(19-3)17-15-13-11-9-7-5-2/h4-5,18H,1-2,6-17H2,3H3. The number of ether oxygens (including phenoxy) is 1. The van der Waals surface area contributed by atoms with E-state index in [9.17, 15) is 0 Å². The molecule has 0 fully saturated rings. The largest absolute Gasteiger partial charge is 0.381 e. The molecule has 112 valence electrons. The second kappa shape index (κ2) is 15.5. The molecule has 0 heterocycles. The smallest absolute Gasteiger partial charge is 0.0571 e. The Morgan fingerprint density at radius 3 is 1.53 bits per heavy atom. The van der Waals surface area contributed by atoms with Gasteiger partial charge in [0.15, 0.2) is 0 Å². The van der Waals surface area contributed by atoms with E-state index in [1.165, 1.54) is 77.0 Å². The fourth-order valence-electron chi connectivity index (χ4n) is 2.41. The second-order valence-corrected chi connectivity index (χ2v) is 5.42. The number of allylic oxidation sites excluding steroid dienone is 2. The first-order valence-corrected chi connectivity index (χ1v) is 8.09. The lowest BCUT2D eigenvalue weighted by Crippen LogP contribution is -2.10. The molecule has 0 aliphatic heterocycles. The van der Waals surface area contributed by atoms with E-state index in [4.69, 9.17) is 4.74 Å². The molecule has 0 bridgehead atoms. The first-order chi connectivity index (χ1) is 9.35. The summed E-state index contributed by atoms with van der Waals surface area (Å²) in [6, 6.07) is 0. The Kier molecular flexibility index (Phi) is 15.0. The molecule has 0 saturated heterocycles. The fourth-order valence-corrected chi connectivity index (χ4v) is 2.41. The monoisotopic (exact) mass is 266 g/mol. The summed E-state index contributed by atoms with van der Waals surface area (Å²) in [4.78, 5) is 0. The van der Waals surface area contributed by atoms with E-state index >= 15 is 0 Å². The van der Waals surface area contributed by atoms with Crippen LogP contribution >= 0.6 is 0 Å². The zero-order chi connectivity index (χ0) is 14.2. The molecule has 19 heavy (non-hydrogen) atoms. The SMILES string of the molecule is C=CCCCCCCC(CCCCCCC=C)OC. The zero-order valence-corrected chi connectivity index (χ0v) is 13.0. The van der Waals surface area contributed by atoms with E-state index in [-0.39, 0.29) is 0 Å². The molecule has 0 aromatic carbocycles. The lowest BCUT2D eigenvalue weighted by molar-refractivity contribution is 0.0832. The summed E-state index contributed by atoms with van der Waals surface area (Å²) in [7, 11) is 1.86. The van der Waals surface area contributed by atoms with Gasteiger partial charge in [-0.2, -0.15) is 0 Å². The van der Waals surface area contributed by atoms with Crippen molar-refractivity contribution in [1.29, 1.82) is 0 Å². The zero-order valence-electron chi connectivity index (χ0n) is 13.0. The summed E-state index contributed by atoms with van der Waals surface area (Å²) < 4.78 is 5.57. The van der Waals surface area contributed by atoms with Gasteiger partial charge in [0.1, 0.15) is 0 Å². The summed E-state index contributed by atoms with van der Waals surface area (Å²) in [6.07, 6.45) is 19.9. The number of methoxy groups -OCH3 is 1. The summed E-state index contributed by atoms with van der Waals surface area (Å²) in [5.74, 6) is 0. The van der Waals surface area contributed by atoms with Gasteiger partial charge in [0.25, 0.3) is 0 Å². The topological polar surface area (TPSA) is 9.23 Å². The second-order valence-electron chi connectivity index (χ2n) is 5.42. The van der Waals surface area contributed by atoms with Crippen molar-refractivity contribution in [2.45, 2.75) is 83.2 Å². The van der Waals surface area contributed by atoms with E-state index in [2.05, 4.69) is 13.2 Å². The van der Waals surface area contributed by atoms with Crippen LogP contribution in [0.15, 0.2) is 25.3 Å². The van der Waals surface area contributed by atoms with Crippen molar-refractivity contribution in [1.82, 2.24) is 0 Å². The minimum absolute atomic E-state index is 0.485. The molecule has 0 aliphatic rings. The van der Waals surface area contributed by atoms with Crippen LogP contribution in [-0.4, -0.2) is 13.2 Å². The minimum Gasteiger partial charge on any atom is -0.381 e. The van der Waals surface area contributed by atoms with Crippen LogP contribution in [0.3, 0.4) is 0 Å². The van der Waals surface area contributed by atoms with E-state index in [1.807, 2.05) is 19.3 Å². The van der Waals surface area contributed by atoms with Gasteiger partial charge >= 0.3 is 0 Å². The average Bonchev–Trinajstić information content (AvgIpc) is 2.44. The van der Waals surface area contributed by atoms with Gasteiger partial charge < -0.3 is 4.74 Å². The summed E-state index contributed by atoms with van der Waals surface area (Å²) in [5.41, 5.74) is 0. The fraction of sp³-hybridized carbons (Fsp3) is 0.778. The van der Waals surface area contributed by atoms with Crippen LogP contribution in [0.4, 0.5) is 0 Å². The molecular weight excluding hydrogens is 232 g/mol. The van der Waals surface area contributed by atoms with E-state index in [0.717, 1.165) is 0 Å².